The number of thiophene rings is 1. The van der Waals surface area contributed by atoms with Gasteiger partial charge in [-0.1, -0.05) is 30.3 Å². The number of hydrogen-bond acceptors (Lipinski definition) is 6. The van der Waals surface area contributed by atoms with Crippen molar-refractivity contribution in [1.82, 2.24) is 15.3 Å². The summed E-state index contributed by atoms with van der Waals surface area (Å²) in [6.45, 7) is 7.30. The normalized spacial score (nSPS) is 15.5. The summed E-state index contributed by atoms with van der Waals surface area (Å²) < 4.78 is 6.49. The summed E-state index contributed by atoms with van der Waals surface area (Å²) in [5.74, 6) is 0.984. The molecule has 1 aliphatic rings. The van der Waals surface area contributed by atoms with Crippen LogP contribution in [0, 0.1) is 0 Å². The van der Waals surface area contributed by atoms with Crippen LogP contribution < -0.4 is 10.2 Å². The minimum atomic E-state index is -0.479. The highest BCUT2D eigenvalue weighted by Crippen LogP contribution is 2.37. The van der Waals surface area contributed by atoms with Gasteiger partial charge in [-0.3, -0.25) is 0 Å². The van der Waals surface area contributed by atoms with Gasteiger partial charge in [-0.2, -0.15) is 0 Å². The van der Waals surface area contributed by atoms with E-state index in [9.17, 15) is 4.79 Å². The molecule has 0 radical (unpaired) electrons. The molecule has 29 heavy (non-hydrogen) atoms. The zero-order chi connectivity index (χ0) is 20.4. The van der Waals surface area contributed by atoms with E-state index < -0.39 is 5.60 Å². The number of hydrogen-bond donors (Lipinski definition) is 1. The quantitative estimate of drug-likeness (QED) is 0.668. The number of carbonyl (C=O) groups excluding carboxylic acids is 1. The second-order valence-corrected chi connectivity index (χ2v) is 9.18. The van der Waals surface area contributed by atoms with E-state index in [1.165, 1.54) is 5.56 Å². The number of rotatable bonds is 3. The van der Waals surface area contributed by atoms with Crippen molar-refractivity contribution >= 4 is 33.5 Å². The van der Waals surface area contributed by atoms with Crippen molar-refractivity contribution in [3.63, 3.8) is 0 Å². The molecule has 7 heteroatoms. The van der Waals surface area contributed by atoms with Crippen molar-refractivity contribution in [3.8, 4) is 11.1 Å². The molecule has 3 heterocycles. The summed E-state index contributed by atoms with van der Waals surface area (Å²) in [5.41, 5.74) is 2.84. The van der Waals surface area contributed by atoms with E-state index >= 15 is 0 Å². The van der Waals surface area contributed by atoms with Gasteiger partial charge in [0.1, 0.15) is 17.7 Å². The Labute approximate surface area is 174 Å². The van der Waals surface area contributed by atoms with Crippen LogP contribution >= 0.6 is 11.3 Å². The Morgan fingerprint density at radius 2 is 1.90 bits per heavy atom. The molecule has 4 rings (SSSR count). The van der Waals surface area contributed by atoms with Crippen molar-refractivity contribution in [1.29, 1.82) is 0 Å². The van der Waals surface area contributed by atoms with Gasteiger partial charge in [0.25, 0.3) is 0 Å². The Morgan fingerprint density at radius 1 is 1.17 bits per heavy atom. The topological polar surface area (TPSA) is 67.3 Å². The van der Waals surface area contributed by atoms with Gasteiger partial charge < -0.3 is 15.0 Å². The largest absolute Gasteiger partial charge is 0.444 e. The highest BCUT2D eigenvalue weighted by Gasteiger charge is 2.25. The zero-order valence-electron chi connectivity index (χ0n) is 17.0. The molecule has 0 saturated carbocycles. The van der Waals surface area contributed by atoms with Gasteiger partial charge in [-0.05, 0) is 39.2 Å². The summed E-state index contributed by atoms with van der Waals surface area (Å²) >= 11 is 1.69. The third-order valence-electron chi connectivity index (χ3n) is 4.93. The molecule has 0 spiro atoms. The van der Waals surface area contributed by atoms with Crippen molar-refractivity contribution in [2.24, 2.45) is 0 Å². The van der Waals surface area contributed by atoms with Crippen LogP contribution in [-0.2, 0) is 4.74 Å². The molecule has 152 valence electrons. The van der Waals surface area contributed by atoms with Gasteiger partial charge in [0.2, 0.25) is 0 Å². The second-order valence-electron chi connectivity index (χ2n) is 8.30. The number of alkyl carbamates (subject to hydrolysis) is 1. The van der Waals surface area contributed by atoms with E-state index in [0.717, 1.165) is 47.5 Å². The van der Waals surface area contributed by atoms with Crippen LogP contribution in [0.3, 0.4) is 0 Å². The van der Waals surface area contributed by atoms with Crippen LogP contribution in [0.5, 0.6) is 0 Å². The Morgan fingerprint density at radius 3 is 2.59 bits per heavy atom. The lowest BCUT2D eigenvalue weighted by Crippen LogP contribution is -2.46. The van der Waals surface area contributed by atoms with Gasteiger partial charge >= 0.3 is 6.09 Å². The van der Waals surface area contributed by atoms with E-state index in [1.54, 1.807) is 17.7 Å². The van der Waals surface area contributed by atoms with Gasteiger partial charge in [-0.15, -0.1) is 11.3 Å². The average molecular weight is 411 g/mol. The molecule has 3 aromatic rings. The summed E-state index contributed by atoms with van der Waals surface area (Å²) in [4.78, 5) is 23.5. The highest BCUT2D eigenvalue weighted by molar-refractivity contribution is 7.18. The molecule has 1 aliphatic heterocycles. The minimum absolute atomic E-state index is 0.127. The Kier molecular flexibility index (Phi) is 5.41. The fraction of sp³-hybridized carbons (Fsp3) is 0.409. The van der Waals surface area contributed by atoms with Crippen LogP contribution in [-0.4, -0.2) is 40.8 Å². The van der Waals surface area contributed by atoms with Crippen LogP contribution in [0.2, 0.25) is 0 Å². The van der Waals surface area contributed by atoms with E-state index in [4.69, 9.17) is 4.74 Å². The number of piperidine rings is 1. The fourth-order valence-electron chi connectivity index (χ4n) is 3.60. The first-order valence-corrected chi connectivity index (χ1v) is 10.8. The SMILES string of the molecule is CC(C)(C)OC(=O)NC1CCN(c2ncnc3c(-c4ccccc4)csc23)CC1. The number of benzene rings is 1. The molecule has 6 nitrogen and oxygen atoms in total. The number of ether oxygens (including phenoxy) is 1. The maximum Gasteiger partial charge on any atom is 0.407 e. The first kappa shape index (κ1) is 19.6. The molecular weight excluding hydrogens is 384 g/mol. The van der Waals surface area contributed by atoms with Gasteiger partial charge in [-0.25, -0.2) is 14.8 Å². The molecule has 1 N–H and O–H groups in total. The van der Waals surface area contributed by atoms with Crippen molar-refractivity contribution in [3.05, 3.63) is 42.0 Å². The summed E-state index contributed by atoms with van der Waals surface area (Å²) in [6, 6.07) is 10.5. The van der Waals surface area contributed by atoms with Gasteiger partial charge in [0.15, 0.2) is 0 Å². The first-order chi connectivity index (χ1) is 13.9. The Bertz CT molecular complexity index is 989. The van der Waals surface area contributed by atoms with Crippen LogP contribution in [0.4, 0.5) is 10.6 Å². The lowest BCUT2D eigenvalue weighted by molar-refractivity contribution is 0.0497. The fourth-order valence-corrected chi connectivity index (χ4v) is 4.64. The summed E-state index contributed by atoms with van der Waals surface area (Å²) in [7, 11) is 0. The number of nitrogens with one attached hydrogen (secondary N) is 1. The number of fused-ring (bicyclic) bond motifs is 1. The maximum atomic E-state index is 12.0. The summed E-state index contributed by atoms with van der Waals surface area (Å²) in [6.07, 6.45) is 3.04. The average Bonchev–Trinajstić information content (AvgIpc) is 3.12. The lowest BCUT2D eigenvalue weighted by atomic mass is 10.0. The number of aromatic nitrogens is 2. The number of anilines is 1. The molecule has 0 aliphatic carbocycles. The Balaban J connectivity index is 1.47. The molecule has 1 amide bonds. The van der Waals surface area contributed by atoms with Gasteiger partial charge in [0, 0.05) is 30.1 Å². The standard InChI is InChI=1S/C22H26N4O2S/c1-22(2,3)28-21(27)25-16-9-11-26(12-10-16)20-19-18(23-14-24-20)17(13-29-19)15-7-5-4-6-8-15/h4-8,13-14,16H,9-12H2,1-3H3,(H,25,27). The third kappa shape index (κ3) is 4.50. The third-order valence-corrected chi connectivity index (χ3v) is 5.90. The maximum absolute atomic E-state index is 12.0. The van der Waals surface area contributed by atoms with E-state index in [2.05, 4.69) is 37.7 Å². The van der Waals surface area contributed by atoms with Crippen LogP contribution in [0.1, 0.15) is 33.6 Å². The Hall–Kier alpha value is -2.67. The molecule has 1 saturated heterocycles. The molecule has 0 unspecified atom stereocenters. The predicted octanol–water partition coefficient (Wildman–Crippen LogP) is 4.85. The molecule has 1 aromatic carbocycles. The number of carbonyl (C=O) groups is 1. The van der Waals surface area contributed by atoms with Crippen LogP contribution in [0.25, 0.3) is 21.3 Å². The predicted molar refractivity (Wildman–Crippen MR) is 117 cm³/mol. The molecular formula is C22H26N4O2S. The van der Waals surface area contributed by atoms with Crippen molar-refractivity contribution in [2.75, 3.05) is 18.0 Å². The van der Waals surface area contributed by atoms with E-state index in [0.29, 0.717) is 0 Å². The molecule has 1 fully saturated rings. The van der Waals surface area contributed by atoms with Gasteiger partial charge in [0.05, 0.1) is 10.2 Å². The van der Waals surface area contributed by atoms with Crippen molar-refractivity contribution in [2.45, 2.75) is 45.3 Å². The summed E-state index contributed by atoms with van der Waals surface area (Å²) in [5, 5.41) is 5.15. The smallest absolute Gasteiger partial charge is 0.407 e. The van der Waals surface area contributed by atoms with E-state index in [1.807, 2.05) is 39.0 Å². The molecule has 0 atom stereocenters. The monoisotopic (exact) mass is 410 g/mol. The lowest BCUT2D eigenvalue weighted by Gasteiger charge is -2.33. The first-order valence-electron chi connectivity index (χ1n) is 9.93. The molecule has 0 bridgehead atoms. The zero-order valence-corrected chi connectivity index (χ0v) is 17.8. The second kappa shape index (κ2) is 7.99. The number of nitrogens with zero attached hydrogens (tertiary/aromatic N) is 3. The van der Waals surface area contributed by atoms with E-state index in [-0.39, 0.29) is 12.1 Å². The molecule has 2 aromatic heterocycles. The van der Waals surface area contributed by atoms with Crippen LogP contribution in [0.15, 0.2) is 42.0 Å². The minimum Gasteiger partial charge on any atom is -0.444 e. The number of amides is 1. The highest BCUT2D eigenvalue weighted by atomic mass is 32.1. The van der Waals surface area contributed by atoms with Crippen molar-refractivity contribution < 1.29 is 9.53 Å².